The van der Waals surface area contributed by atoms with Gasteiger partial charge in [-0.2, -0.15) is 0 Å². The minimum Gasteiger partial charge on any atom is -0.369 e. The van der Waals surface area contributed by atoms with Gasteiger partial charge in [0.2, 0.25) is 11.9 Å². The average Bonchev–Trinajstić information content (AvgIpc) is 2.91. The van der Waals surface area contributed by atoms with Crippen LogP contribution in [0.2, 0.25) is 0 Å². The number of rotatable bonds is 6. The van der Waals surface area contributed by atoms with Crippen LogP contribution in [0.15, 0.2) is 54.7 Å². The number of aromatic nitrogens is 2. The summed E-state index contributed by atoms with van der Waals surface area (Å²) < 4.78 is 0. The number of hydrogen-bond acceptors (Lipinski definition) is 6. The molecule has 3 aromatic rings. The van der Waals surface area contributed by atoms with Gasteiger partial charge in [0.15, 0.2) is 0 Å². The van der Waals surface area contributed by atoms with Gasteiger partial charge in [-0.15, -0.1) is 6.42 Å². The number of carbonyl (C=O) groups excluding carboxylic acids is 1. The zero-order valence-electron chi connectivity index (χ0n) is 20.9. The molecule has 0 spiro atoms. The van der Waals surface area contributed by atoms with Gasteiger partial charge in [0.05, 0.1) is 12.1 Å². The van der Waals surface area contributed by atoms with Crippen LogP contribution in [0.3, 0.4) is 0 Å². The summed E-state index contributed by atoms with van der Waals surface area (Å²) in [6.07, 6.45) is 11.2. The number of carbonyl (C=O) groups is 1. The van der Waals surface area contributed by atoms with E-state index in [1.165, 1.54) is 5.69 Å². The maximum atomic E-state index is 12.7. The molecule has 1 aliphatic heterocycles. The van der Waals surface area contributed by atoms with Crippen LogP contribution in [0.25, 0.3) is 10.9 Å². The van der Waals surface area contributed by atoms with Crippen molar-refractivity contribution in [2.45, 2.75) is 44.7 Å². The number of benzene rings is 2. The lowest BCUT2D eigenvalue weighted by molar-refractivity contribution is -0.117. The molecule has 2 heterocycles. The van der Waals surface area contributed by atoms with Crippen LogP contribution in [-0.4, -0.2) is 65.6 Å². The molecule has 186 valence electrons. The third kappa shape index (κ3) is 5.44. The van der Waals surface area contributed by atoms with E-state index in [-0.39, 0.29) is 11.9 Å². The number of nitrogens with zero attached hydrogens (tertiary/aromatic N) is 5. The maximum absolute atomic E-state index is 12.7. The molecule has 36 heavy (non-hydrogen) atoms. The van der Waals surface area contributed by atoms with Crippen molar-refractivity contribution in [1.29, 1.82) is 0 Å². The second-order valence-electron chi connectivity index (χ2n) is 9.77. The summed E-state index contributed by atoms with van der Waals surface area (Å²) in [5.41, 5.74) is 3.13. The van der Waals surface area contributed by atoms with Gasteiger partial charge >= 0.3 is 0 Å². The maximum Gasteiger partial charge on any atom is 0.224 e. The van der Waals surface area contributed by atoms with Crippen LogP contribution in [0.5, 0.6) is 0 Å². The molecule has 0 bridgehead atoms. The lowest BCUT2D eigenvalue weighted by Crippen LogP contribution is -2.46. The molecular formula is C29H34N6O. The molecule has 7 nitrogen and oxygen atoms in total. The fraction of sp³-hybridized carbons (Fsp3) is 0.414. The van der Waals surface area contributed by atoms with Crippen molar-refractivity contribution in [3.8, 4) is 12.3 Å². The number of nitrogens with one attached hydrogen (secondary N) is 1. The first kappa shape index (κ1) is 24.1. The highest BCUT2D eigenvalue weighted by Gasteiger charge is 2.29. The molecule has 1 aliphatic carbocycles. The number of hydrogen-bond donors (Lipinski definition) is 1. The first-order valence-electron chi connectivity index (χ1n) is 12.9. The SMILES string of the molecule is C#CCN1CCN(c2ccc(N(C(C)=O)C3CCC(Nc4ncc5ccccc5n4)CC3)cc2)CC1. The van der Waals surface area contributed by atoms with Crippen molar-refractivity contribution in [3.05, 3.63) is 54.7 Å². The Hall–Kier alpha value is -3.63. The second-order valence-corrected chi connectivity index (χ2v) is 9.77. The lowest BCUT2D eigenvalue weighted by atomic mass is 9.89. The van der Waals surface area contributed by atoms with Crippen molar-refractivity contribution in [2.24, 2.45) is 0 Å². The minimum absolute atomic E-state index is 0.0971. The van der Waals surface area contributed by atoms with Gasteiger partial charge in [-0.05, 0) is 56.0 Å². The number of piperazine rings is 1. The van der Waals surface area contributed by atoms with Gasteiger partial charge in [0.25, 0.3) is 0 Å². The monoisotopic (exact) mass is 482 g/mol. The van der Waals surface area contributed by atoms with Crippen LogP contribution < -0.4 is 15.1 Å². The lowest BCUT2D eigenvalue weighted by Gasteiger charge is -2.37. The van der Waals surface area contributed by atoms with Gasteiger partial charge in [0, 0.05) is 68.1 Å². The van der Waals surface area contributed by atoms with Crippen molar-refractivity contribution >= 4 is 34.1 Å². The Kier molecular flexibility index (Phi) is 7.33. The van der Waals surface area contributed by atoms with Crippen LogP contribution in [0, 0.1) is 12.3 Å². The number of terminal acetylenes is 1. The zero-order valence-corrected chi connectivity index (χ0v) is 20.9. The van der Waals surface area contributed by atoms with E-state index in [4.69, 9.17) is 6.42 Å². The molecule has 5 rings (SSSR count). The number of anilines is 3. The standard InChI is InChI=1S/C29H34N6O/c1-3-16-33-17-19-34(20-18-33)25-12-14-27(15-13-25)35(22(2)36)26-10-8-24(9-11-26)31-29-30-21-23-6-4-5-7-28(23)32-29/h1,4-7,12-15,21,24,26H,8-11,16-20H2,2H3,(H,30,31,32). The topological polar surface area (TPSA) is 64.6 Å². The van der Waals surface area contributed by atoms with E-state index >= 15 is 0 Å². The molecule has 1 aromatic heterocycles. The van der Waals surface area contributed by atoms with E-state index < -0.39 is 0 Å². The Bertz CT molecular complexity index is 1220. The molecule has 0 atom stereocenters. The van der Waals surface area contributed by atoms with Crippen LogP contribution in [-0.2, 0) is 4.79 Å². The van der Waals surface area contributed by atoms with Crippen LogP contribution in [0.4, 0.5) is 17.3 Å². The average molecular weight is 483 g/mol. The minimum atomic E-state index is 0.0971. The van der Waals surface area contributed by atoms with Crippen LogP contribution >= 0.6 is 0 Å². The summed E-state index contributed by atoms with van der Waals surface area (Å²) in [7, 11) is 0. The summed E-state index contributed by atoms with van der Waals surface area (Å²) in [5, 5.41) is 4.55. The van der Waals surface area contributed by atoms with Gasteiger partial charge in [-0.1, -0.05) is 24.1 Å². The zero-order chi connectivity index (χ0) is 24.9. The third-order valence-electron chi connectivity index (χ3n) is 7.40. The smallest absolute Gasteiger partial charge is 0.224 e. The normalized spacial score (nSPS) is 20.6. The molecule has 2 fully saturated rings. The van der Waals surface area contributed by atoms with Gasteiger partial charge in [-0.3, -0.25) is 9.69 Å². The number of fused-ring (bicyclic) bond motifs is 1. The van der Waals surface area contributed by atoms with E-state index in [2.05, 4.69) is 55.3 Å². The Morgan fingerprint density at radius 3 is 2.47 bits per heavy atom. The molecule has 2 aliphatic rings. The predicted molar refractivity (Wildman–Crippen MR) is 146 cm³/mol. The fourth-order valence-electron chi connectivity index (χ4n) is 5.47. The molecule has 0 radical (unpaired) electrons. The first-order valence-corrected chi connectivity index (χ1v) is 12.9. The van der Waals surface area contributed by atoms with Crippen molar-refractivity contribution < 1.29 is 4.79 Å². The van der Waals surface area contributed by atoms with E-state index in [9.17, 15) is 4.79 Å². The van der Waals surface area contributed by atoms with Crippen molar-refractivity contribution in [1.82, 2.24) is 14.9 Å². The first-order chi connectivity index (χ1) is 17.6. The molecule has 1 N–H and O–H groups in total. The Labute approximate surface area is 213 Å². The molecule has 0 unspecified atom stereocenters. The molecular weight excluding hydrogens is 448 g/mol. The second kappa shape index (κ2) is 11.0. The van der Waals surface area contributed by atoms with Gasteiger partial charge in [0.1, 0.15) is 0 Å². The largest absolute Gasteiger partial charge is 0.369 e. The number of para-hydroxylation sites is 1. The van der Waals surface area contributed by atoms with Gasteiger partial charge in [-0.25, -0.2) is 9.97 Å². The summed E-state index contributed by atoms with van der Waals surface area (Å²) in [6.45, 7) is 6.28. The fourth-order valence-corrected chi connectivity index (χ4v) is 5.47. The number of amides is 1. The van der Waals surface area contributed by atoms with E-state index in [1.54, 1.807) is 6.92 Å². The molecule has 1 saturated heterocycles. The predicted octanol–water partition coefficient (Wildman–Crippen LogP) is 4.16. The molecule has 7 heteroatoms. The molecule has 1 amide bonds. The third-order valence-corrected chi connectivity index (χ3v) is 7.40. The Morgan fingerprint density at radius 1 is 1.06 bits per heavy atom. The Balaban J connectivity index is 1.18. The van der Waals surface area contributed by atoms with E-state index in [0.29, 0.717) is 18.5 Å². The molecule has 1 saturated carbocycles. The summed E-state index contributed by atoms with van der Waals surface area (Å²) >= 11 is 0. The summed E-state index contributed by atoms with van der Waals surface area (Å²) in [5.74, 6) is 3.51. The van der Waals surface area contributed by atoms with Gasteiger partial charge < -0.3 is 15.1 Å². The highest BCUT2D eigenvalue weighted by Crippen LogP contribution is 2.30. The quantitative estimate of drug-likeness (QED) is 0.533. The Morgan fingerprint density at radius 2 is 1.78 bits per heavy atom. The van der Waals surface area contributed by atoms with E-state index in [0.717, 1.165) is 68.5 Å². The van der Waals surface area contributed by atoms with E-state index in [1.807, 2.05) is 35.4 Å². The van der Waals surface area contributed by atoms with Crippen LogP contribution in [0.1, 0.15) is 32.6 Å². The highest BCUT2D eigenvalue weighted by atomic mass is 16.2. The highest BCUT2D eigenvalue weighted by molar-refractivity contribution is 5.92. The van der Waals surface area contributed by atoms with Crippen molar-refractivity contribution in [3.63, 3.8) is 0 Å². The molecule has 2 aromatic carbocycles. The van der Waals surface area contributed by atoms with Crippen molar-refractivity contribution in [2.75, 3.05) is 47.8 Å². The summed E-state index contributed by atoms with van der Waals surface area (Å²) in [6, 6.07) is 17.0. The summed E-state index contributed by atoms with van der Waals surface area (Å²) in [4.78, 5) is 28.5.